The molecule has 0 bridgehead atoms. The number of nitrogens with zero attached hydrogens (tertiary/aromatic N) is 4. The van der Waals surface area contributed by atoms with E-state index < -0.39 is 8.32 Å². The van der Waals surface area contributed by atoms with Gasteiger partial charge in [-0.1, -0.05) is 81.4 Å². The summed E-state index contributed by atoms with van der Waals surface area (Å²) in [6.07, 6.45) is 9.46. The van der Waals surface area contributed by atoms with Crippen molar-refractivity contribution in [1.82, 2.24) is 42.5 Å². The largest absolute Gasteiger partial charge is 0.404 e. The normalized spacial score (nSPS) is 29.0. The third-order valence-corrected chi connectivity index (χ3v) is 24.9. The topological polar surface area (TPSA) is 144 Å². The summed E-state index contributed by atoms with van der Waals surface area (Å²) >= 11 is 6.34. The van der Waals surface area contributed by atoms with E-state index >= 15 is 0 Å². The highest BCUT2D eigenvalue weighted by Crippen LogP contribution is 2.37. The number of hydrogen-bond donors (Lipinski definition) is 9. The number of nitrogens with two attached hydrogens (primary N) is 1. The lowest BCUT2D eigenvalue weighted by Crippen LogP contribution is -2.68. The fourth-order valence-corrected chi connectivity index (χ4v) is 20.2. The predicted octanol–water partition coefficient (Wildman–Crippen LogP) is 1.09. The molecule has 0 radical (unpaired) electrons. The molecule has 0 saturated heterocycles. The minimum atomic E-state index is -2.59. The van der Waals surface area contributed by atoms with Gasteiger partial charge in [0.1, 0.15) is 0 Å². The number of hydrogen-bond acceptors (Lipinski definition) is 13. The molecule has 0 fully saturated rings. The molecule has 8 aliphatic heterocycles. The molecule has 0 amide bonds. The first-order chi connectivity index (χ1) is 34.2. The quantitative estimate of drug-likeness (QED) is 0.0779. The van der Waals surface area contributed by atoms with Crippen LogP contribution in [0.15, 0.2) is 60.7 Å². The molecule has 10 rings (SSSR count). The Labute approximate surface area is 432 Å². The van der Waals surface area contributed by atoms with Crippen LogP contribution < -0.4 is 58.6 Å². The smallest absolute Gasteiger partial charge is 0.346 e. The molecular weight excluding hydrogens is 947 g/mol. The molecule has 8 atom stereocenters. The second kappa shape index (κ2) is 23.3. The molecule has 2 aromatic carbocycles. The maximum Gasteiger partial charge on any atom is 0.346 e. The van der Waals surface area contributed by atoms with E-state index in [4.69, 9.17) is 10.2 Å². The average Bonchev–Trinajstić information content (AvgIpc) is 3.38. The first-order valence-electron chi connectivity index (χ1n) is 27.0. The van der Waals surface area contributed by atoms with Gasteiger partial charge in [-0.3, -0.25) is 60.8 Å². The summed E-state index contributed by atoms with van der Waals surface area (Å²) in [5.41, 5.74) is 5.97. The van der Waals surface area contributed by atoms with Crippen LogP contribution in [0.25, 0.3) is 0 Å². The van der Waals surface area contributed by atoms with Gasteiger partial charge in [0, 0.05) is 92.4 Å². The minimum Gasteiger partial charge on any atom is -0.404 e. The summed E-state index contributed by atoms with van der Waals surface area (Å²) in [5.74, 6) is 11.8. The molecular formula is C52H85N13OS3Si+4. The highest BCUT2D eigenvalue weighted by molar-refractivity contribution is 7.99. The Morgan fingerprint density at radius 1 is 0.443 bits per heavy atom. The summed E-state index contributed by atoms with van der Waals surface area (Å²) in [7, 11) is -2.59. The zero-order valence-corrected chi connectivity index (χ0v) is 45.8. The molecule has 0 spiro atoms. The number of rotatable bonds is 18. The zero-order chi connectivity index (χ0) is 47.9. The first-order valence-corrected chi connectivity index (χ1v) is 32.3. The summed E-state index contributed by atoms with van der Waals surface area (Å²) in [6, 6.07) is 25.8. The van der Waals surface area contributed by atoms with E-state index in [-0.39, 0.29) is 11.1 Å². The Morgan fingerprint density at radius 3 is 1.01 bits per heavy atom. The van der Waals surface area contributed by atoms with Gasteiger partial charge in [-0.05, 0) is 15.4 Å². The van der Waals surface area contributed by atoms with E-state index in [1.807, 2.05) is 0 Å². The number of benzene rings is 2. The lowest BCUT2D eigenvalue weighted by molar-refractivity contribution is -0.542. The van der Waals surface area contributed by atoms with Crippen molar-refractivity contribution in [1.29, 1.82) is 0 Å². The van der Waals surface area contributed by atoms with Crippen LogP contribution in [-0.2, 0) is 4.43 Å². The monoisotopic (exact) mass is 1030 g/mol. The van der Waals surface area contributed by atoms with Crippen molar-refractivity contribution in [3.63, 3.8) is 0 Å². The SMILES string of the molecule is CC(C)(C)[Si](OC[C@H]1CC[N+]2=C(N1)N[C@@H](CSC[C@H]1CC[N+]3=C(N1)N[C@@H](CSC[C@H]1CC[N+]4=C(N1)N[C@@H](CSC[C@H]1CC[N+]5=C(N1)N[C@@H](CN)CC5)CC4)CC3)CC2)(c1ccccc1)c1ccccc1. The Bertz CT molecular complexity index is 2170. The van der Waals surface area contributed by atoms with Crippen molar-refractivity contribution in [3.05, 3.63) is 60.7 Å². The molecule has 70 heavy (non-hydrogen) atoms. The fourth-order valence-electron chi connectivity index (χ4n) is 12.0. The molecule has 0 unspecified atom stereocenters. The Hall–Kier alpha value is -3.29. The number of nitrogens with one attached hydrogen (secondary N) is 8. The third kappa shape index (κ3) is 12.0. The van der Waals surface area contributed by atoms with E-state index in [1.165, 1.54) is 72.7 Å². The van der Waals surface area contributed by atoms with Gasteiger partial charge < -0.3 is 10.2 Å². The van der Waals surface area contributed by atoms with Crippen molar-refractivity contribution >= 4 is 77.8 Å². The zero-order valence-electron chi connectivity index (χ0n) is 42.4. The molecule has 10 N–H and O–H groups in total. The van der Waals surface area contributed by atoms with Crippen LogP contribution in [0.1, 0.15) is 72.1 Å². The van der Waals surface area contributed by atoms with Crippen LogP contribution in [0.5, 0.6) is 0 Å². The van der Waals surface area contributed by atoms with Crippen LogP contribution in [0.4, 0.5) is 0 Å². The average molecular weight is 1030 g/mol. The van der Waals surface area contributed by atoms with Crippen LogP contribution in [0, 0.1) is 0 Å². The minimum absolute atomic E-state index is 0.0282. The predicted molar refractivity (Wildman–Crippen MR) is 297 cm³/mol. The van der Waals surface area contributed by atoms with Gasteiger partial charge in [0.25, 0.3) is 8.32 Å². The van der Waals surface area contributed by atoms with Gasteiger partial charge in [-0.25, -0.2) is 0 Å². The van der Waals surface area contributed by atoms with Crippen LogP contribution in [-0.4, -0.2) is 199 Å². The Morgan fingerprint density at radius 2 is 0.714 bits per heavy atom. The van der Waals surface area contributed by atoms with Crippen molar-refractivity contribution in [2.75, 3.05) is 100 Å². The second-order valence-electron chi connectivity index (χ2n) is 22.2. The number of thioether (sulfide) groups is 3. The van der Waals surface area contributed by atoms with Gasteiger partial charge in [0.15, 0.2) is 0 Å². The van der Waals surface area contributed by atoms with Crippen molar-refractivity contribution in [3.8, 4) is 0 Å². The lowest BCUT2D eigenvalue weighted by atomic mass is 10.1. The van der Waals surface area contributed by atoms with E-state index in [2.05, 4.69) is 178 Å². The standard InChI is InChI=1S/C52H81N13OS3Si/c1-52(2,3)70(46-10-6-4-7-11-46,47-12-8-5-9-13-47)66-31-39-15-23-63-25-17-41(57-49(63)55-39)33-68-35-43-19-27-65-29-21-45(61-51(65)59-43)37-69-36-44-20-28-64-26-18-42(58-50(64)60-44)34-67-32-40-16-24-62-22-14-38(30-53)54-48(62)56-40/h4-13,38-45H,14-37,53H2,1-3H3,(H4,54,55,56,57,58,59,60,61)/p+4/t38-,39-,40-,41-,42-,43-,44-,45-/m1/s1. The molecule has 0 saturated carbocycles. The summed E-state index contributed by atoms with van der Waals surface area (Å²) in [5, 5.41) is 33.7. The fraction of sp³-hybridized carbons (Fsp3) is 0.692. The number of guanidine groups is 4. The Balaban J connectivity index is 0.621. The third-order valence-electron chi connectivity index (χ3n) is 16.1. The van der Waals surface area contributed by atoms with E-state index in [0.717, 1.165) is 99.7 Å². The molecule has 2 aromatic rings. The highest BCUT2D eigenvalue weighted by Gasteiger charge is 2.51. The van der Waals surface area contributed by atoms with Gasteiger partial charge in [-0.2, -0.15) is 35.3 Å². The summed E-state index contributed by atoms with van der Waals surface area (Å²) in [4.78, 5) is 0. The van der Waals surface area contributed by atoms with Crippen LogP contribution in [0.2, 0.25) is 5.04 Å². The lowest BCUT2D eigenvalue weighted by Gasteiger charge is -2.44. The molecule has 18 heteroatoms. The van der Waals surface area contributed by atoms with E-state index in [9.17, 15) is 0 Å². The van der Waals surface area contributed by atoms with E-state index in [0.29, 0.717) is 55.4 Å². The maximum absolute atomic E-state index is 7.37. The Kier molecular flexibility index (Phi) is 16.7. The molecule has 8 aliphatic rings. The van der Waals surface area contributed by atoms with Gasteiger partial charge in [0.05, 0.1) is 107 Å². The molecule has 0 aliphatic carbocycles. The summed E-state index contributed by atoms with van der Waals surface area (Å²) in [6.45, 7) is 17.6. The van der Waals surface area contributed by atoms with Crippen molar-refractivity contribution in [2.24, 2.45) is 5.73 Å². The van der Waals surface area contributed by atoms with Gasteiger partial charge in [-0.15, -0.1) is 0 Å². The van der Waals surface area contributed by atoms with Gasteiger partial charge >= 0.3 is 23.8 Å². The molecule has 0 aromatic heterocycles. The molecule has 382 valence electrons. The molecule has 8 heterocycles. The second-order valence-corrected chi connectivity index (χ2v) is 29.7. The van der Waals surface area contributed by atoms with E-state index in [1.54, 1.807) is 0 Å². The molecule has 14 nitrogen and oxygen atoms in total. The van der Waals surface area contributed by atoms with Crippen LogP contribution in [0.3, 0.4) is 0 Å². The highest BCUT2D eigenvalue weighted by atomic mass is 32.2. The van der Waals surface area contributed by atoms with Crippen molar-refractivity contribution in [2.45, 2.75) is 126 Å². The van der Waals surface area contributed by atoms with Crippen LogP contribution >= 0.6 is 35.3 Å². The summed E-state index contributed by atoms with van der Waals surface area (Å²) < 4.78 is 17.5. The van der Waals surface area contributed by atoms with Gasteiger partial charge in [0.2, 0.25) is 0 Å². The van der Waals surface area contributed by atoms with Crippen molar-refractivity contribution < 1.29 is 22.7 Å². The maximum atomic E-state index is 7.37. The first kappa shape index (κ1) is 50.2.